The molecule has 1 aliphatic carbocycles. The first-order valence-corrected chi connectivity index (χ1v) is 12.0. The van der Waals surface area contributed by atoms with E-state index >= 15 is 0 Å². The number of benzene rings is 2. The summed E-state index contributed by atoms with van der Waals surface area (Å²) < 4.78 is 59.2. The fourth-order valence-electron chi connectivity index (χ4n) is 2.91. The van der Waals surface area contributed by atoms with Gasteiger partial charge in [0.1, 0.15) is 0 Å². The van der Waals surface area contributed by atoms with Gasteiger partial charge in [0.15, 0.2) is 5.82 Å². The van der Waals surface area contributed by atoms with Gasteiger partial charge in [-0.25, -0.2) is 0 Å². The van der Waals surface area contributed by atoms with Gasteiger partial charge in [0.25, 0.3) is 0 Å². The van der Waals surface area contributed by atoms with Gasteiger partial charge in [-0.05, 0) is 61.1 Å². The Morgan fingerprint density at radius 2 is 1.29 bits per heavy atom. The summed E-state index contributed by atoms with van der Waals surface area (Å²) in [4.78, 5) is 2.04. The van der Waals surface area contributed by atoms with Crippen LogP contribution in [0.1, 0.15) is 24.0 Å². The minimum absolute atomic E-state index is 0. The van der Waals surface area contributed by atoms with Gasteiger partial charge >= 0.3 is 52.5 Å². The molecule has 0 unspecified atom stereocenters. The second-order valence-corrected chi connectivity index (χ2v) is 9.40. The quantitative estimate of drug-likeness (QED) is 0.172. The molecule has 4 rings (SSSR count). The molecule has 1 aliphatic rings. The SMILES string of the molecule is CN(C)c1ccc(N=Nc2ccn[nH]2)cc1.F[P-](F)(F)(F)(F)F.[Cl-].[Ru+2].c1ccc2c(c1)CCCC2. The fourth-order valence-corrected chi connectivity index (χ4v) is 2.91. The number of H-pyrrole nitrogens is 1. The molecule has 196 valence electrons. The standard InChI is InChI=1S/C11H13N5.C10H12.ClH.F6P.Ru/c1-16(2)10-5-3-9(4-6-10)13-15-11-7-8-12-14-11;1-2-6-10-8-4-3-7-9(10)5-1;;1-7(2,3,4,5)6;/h3-8H,1-2H3,(H,12,14);1-2,5-6H,3-4,7-8H2;1H;;/q;;;-1;+2/p-1. The van der Waals surface area contributed by atoms with Gasteiger partial charge in [-0.2, -0.15) is 5.10 Å². The number of nitrogens with one attached hydrogen (secondary N) is 1. The predicted octanol–water partition coefficient (Wildman–Crippen LogP) is 5.84. The molecule has 5 nitrogen and oxygen atoms in total. The molecule has 0 radical (unpaired) electrons. The Kier molecular flexibility index (Phi) is 12.0. The second kappa shape index (κ2) is 12.8. The van der Waals surface area contributed by atoms with Crippen molar-refractivity contribution in [1.82, 2.24) is 10.2 Å². The first-order valence-electron chi connectivity index (χ1n) is 9.99. The summed E-state index contributed by atoms with van der Waals surface area (Å²) in [5.41, 5.74) is 5.11. The summed E-state index contributed by atoms with van der Waals surface area (Å²) in [6, 6.07) is 18.4. The van der Waals surface area contributed by atoms with E-state index in [0.717, 1.165) is 11.4 Å². The van der Waals surface area contributed by atoms with Crippen LogP contribution in [0.3, 0.4) is 0 Å². The van der Waals surface area contributed by atoms with E-state index in [-0.39, 0.29) is 31.9 Å². The smallest absolute Gasteiger partial charge is 1.00 e. The number of halogens is 7. The van der Waals surface area contributed by atoms with Crippen LogP contribution in [0.15, 0.2) is 71.0 Å². The molecular weight excluding hydrogens is 604 g/mol. The maximum absolute atomic E-state index is 10.7. The van der Waals surface area contributed by atoms with E-state index in [1.807, 2.05) is 43.3 Å². The Morgan fingerprint density at radius 1 is 0.800 bits per heavy atom. The average Bonchev–Trinajstić information content (AvgIpc) is 3.25. The van der Waals surface area contributed by atoms with E-state index < -0.39 is 7.81 Å². The fraction of sp³-hybridized carbons (Fsp3) is 0.286. The van der Waals surface area contributed by atoms with E-state index in [0.29, 0.717) is 5.82 Å². The third kappa shape index (κ3) is 16.3. The number of rotatable bonds is 3. The molecule has 1 heterocycles. The van der Waals surface area contributed by atoms with Crippen LogP contribution in [0.25, 0.3) is 0 Å². The number of anilines is 1. The number of aryl methyl sites for hydroxylation is 2. The maximum atomic E-state index is 9.87. The zero-order valence-corrected chi connectivity index (χ0v) is 22.2. The van der Waals surface area contributed by atoms with Gasteiger partial charge in [0, 0.05) is 25.8 Å². The van der Waals surface area contributed by atoms with Crippen molar-refractivity contribution >= 4 is 25.0 Å². The van der Waals surface area contributed by atoms with E-state index in [1.165, 1.54) is 25.7 Å². The molecule has 0 aliphatic heterocycles. The Morgan fingerprint density at radius 3 is 1.69 bits per heavy atom. The van der Waals surface area contributed by atoms with Crippen LogP contribution in [0.5, 0.6) is 0 Å². The average molecular weight is 629 g/mol. The molecule has 0 atom stereocenters. The molecule has 0 saturated heterocycles. The van der Waals surface area contributed by atoms with Crippen molar-refractivity contribution in [2.24, 2.45) is 10.2 Å². The zero-order valence-electron chi connectivity index (χ0n) is 18.8. The monoisotopic (exact) mass is 629 g/mol. The minimum Gasteiger partial charge on any atom is -1.00 e. The summed E-state index contributed by atoms with van der Waals surface area (Å²) in [5, 5.41) is 14.6. The summed E-state index contributed by atoms with van der Waals surface area (Å²) in [7, 11) is -6.66. The summed E-state index contributed by atoms with van der Waals surface area (Å²) >= 11 is 0. The molecule has 1 aromatic heterocycles. The number of hydrogen-bond donors (Lipinski definition) is 1. The number of aromatic nitrogens is 2. The van der Waals surface area contributed by atoms with Crippen LogP contribution in [-0.4, -0.2) is 24.3 Å². The molecule has 0 spiro atoms. The number of hydrogen-bond acceptors (Lipinski definition) is 4. The number of aromatic amines is 1. The Hall–Kier alpha value is -2.03. The topological polar surface area (TPSA) is 56.6 Å². The largest absolute Gasteiger partial charge is 2.00 e. The van der Waals surface area contributed by atoms with Crippen molar-refractivity contribution in [3.63, 3.8) is 0 Å². The van der Waals surface area contributed by atoms with Crippen molar-refractivity contribution in [2.45, 2.75) is 25.7 Å². The van der Waals surface area contributed by atoms with Crippen LogP contribution in [0.4, 0.5) is 42.4 Å². The molecule has 0 saturated carbocycles. The van der Waals surface area contributed by atoms with Crippen LogP contribution < -0.4 is 17.3 Å². The summed E-state index contributed by atoms with van der Waals surface area (Å²) in [6.07, 6.45) is 7.02. The molecule has 1 N–H and O–H groups in total. The van der Waals surface area contributed by atoms with Crippen LogP contribution >= 0.6 is 7.81 Å². The predicted molar refractivity (Wildman–Crippen MR) is 120 cm³/mol. The van der Waals surface area contributed by atoms with Crippen molar-refractivity contribution in [1.29, 1.82) is 0 Å². The first kappa shape index (κ1) is 33.0. The second-order valence-electron chi connectivity index (χ2n) is 7.49. The van der Waals surface area contributed by atoms with Gasteiger partial charge in [-0.3, -0.25) is 5.10 Å². The molecule has 3 aromatic rings. The first-order chi connectivity index (χ1) is 15.2. The molecule has 0 amide bonds. The van der Waals surface area contributed by atoms with E-state index in [1.54, 1.807) is 23.4 Å². The Labute approximate surface area is 218 Å². The number of nitrogens with zero attached hydrogens (tertiary/aromatic N) is 4. The van der Waals surface area contributed by atoms with E-state index in [2.05, 4.69) is 44.7 Å². The van der Waals surface area contributed by atoms with E-state index in [9.17, 15) is 25.2 Å². The van der Waals surface area contributed by atoms with Crippen molar-refractivity contribution < 1.29 is 57.1 Å². The molecule has 35 heavy (non-hydrogen) atoms. The molecule has 0 bridgehead atoms. The molecule has 0 fully saturated rings. The Balaban J connectivity index is 0.000000527. The van der Waals surface area contributed by atoms with Crippen LogP contribution in [-0.2, 0) is 32.3 Å². The van der Waals surface area contributed by atoms with Crippen molar-refractivity contribution in [2.75, 3.05) is 19.0 Å². The number of azo groups is 1. The third-order valence-corrected chi connectivity index (χ3v) is 4.39. The van der Waals surface area contributed by atoms with Crippen molar-refractivity contribution in [3.05, 3.63) is 71.9 Å². The van der Waals surface area contributed by atoms with E-state index in [4.69, 9.17) is 0 Å². The van der Waals surface area contributed by atoms with Crippen LogP contribution in [0, 0.1) is 0 Å². The zero-order chi connectivity index (χ0) is 24.6. The molecular formula is C21H25ClF6N5PRu. The van der Waals surface area contributed by atoms with Gasteiger partial charge in [0.05, 0.1) is 11.9 Å². The molecule has 14 heteroatoms. The van der Waals surface area contributed by atoms with Gasteiger partial charge in [-0.15, -0.1) is 10.2 Å². The molecule has 2 aromatic carbocycles. The third-order valence-electron chi connectivity index (χ3n) is 4.39. The van der Waals surface area contributed by atoms with Crippen LogP contribution in [0.2, 0.25) is 0 Å². The minimum atomic E-state index is -10.7. The summed E-state index contributed by atoms with van der Waals surface area (Å²) in [5.74, 6) is 0.650. The van der Waals surface area contributed by atoms with Gasteiger partial charge < -0.3 is 17.3 Å². The summed E-state index contributed by atoms with van der Waals surface area (Å²) in [6.45, 7) is 0. The van der Waals surface area contributed by atoms with Crippen molar-refractivity contribution in [3.8, 4) is 0 Å². The Bertz CT molecular complexity index is 1010. The number of fused-ring (bicyclic) bond motifs is 1. The van der Waals surface area contributed by atoms with Gasteiger partial charge in [0.2, 0.25) is 0 Å². The normalized spacial score (nSPS) is 14.3. The maximum Gasteiger partial charge on any atom is 2.00 e. The van der Waals surface area contributed by atoms with Gasteiger partial charge in [-0.1, -0.05) is 24.3 Å².